The number of anilines is 2. The first-order valence-electron chi connectivity index (χ1n) is 8.77. The molecule has 1 aliphatic carbocycles. The standard InChI is InChI=1S/C20H16F3N5O/c1-3-4-11-7-16(28-27-11)26-19-18(23)20(25-9-24-19)29-15-8-14(21)12-5-10(2)6-13(12)17(15)22/h3-4,6-9H,5H2,1-2H3,(H2,24,25,26,27,28)/b4-3+. The largest absolute Gasteiger partial charge is 0.433 e. The molecule has 0 fully saturated rings. The second kappa shape index (κ2) is 7.42. The van der Waals surface area contributed by atoms with Crippen molar-refractivity contribution in [3.05, 3.63) is 64.4 Å². The number of ether oxygens (including phenoxy) is 1. The smallest absolute Gasteiger partial charge is 0.261 e. The minimum atomic E-state index is -0.963. The highest BCUT2D eigenvalue weighted by Gasteiger charge is 2.24. The van der Waals surface area contributed by atoms with Gasteiger partial charge in [0.25, 0.3) is 5.88 Å². The average molecular weight is 399 g/mol. The van der Waals surface area contributed by atoms with Crippen molar-refractivity contribution in [2.24, 2.45) is 0 Å². The molecule has 0 atom stereocenters. The van der Waals surface area contributed by atoms with Gasteiger partial charge in [-0.3, -0.25) is 5.10 Å². The number of halogens is 3. The first-order chi connectivity index (χ1) is 14.0. The van der Waals surface area contributed by atoms with Gasteiger partial charge < -0.3 is 10.1 Å². The zero-order chi connectivity index (χ0) is 20.5. The molecule has 0 amide bonds. The lowest BCUT2D eigenvalue weighted by Gasteiger charge is -2.11. The van der Waals surface area contributed by atoms with Crippen LogP contribution >= 0.6 is 0 Å². The Hall–Kier alpha value is -3.62. The molecule has 2 aromatic heterocycles. The highest BCUT2D eigenvalue weighted by molar-refractivity contribution is 5.66. The zero-order valence-corrected chi connectivity index (χ0v) is 15.6. The molecule has 6 nitrogen and oxygen atoms in total. The molecular formula is C20H16F3N5O. The van der Waals surface area contributed by atoms with E-state index in [0.29, 0.717) is 17.9 Å². The van der Waals surface area contributed by atoms with Crippen LogP contribution in [-0.4, -0.2) is 20.2 Å². The minimum absolute atomic E-state index is 0.110. The predicted octanol–water partition coefficient (Wildman–Crippen LogP) is 5.15. The highest BCUT2D eigenvalue weighted by Crippen LogP contribution is 2.36. The molecule has 0 bridgehead atoms. The van der Waals surface area contributed by atoms with Crippen LogP contribution in [0.1, 0.15) is 30.7 Å². The van der Waals surface area contributed by atoms with Crippen molar-refractivity contribution in [1.29, 1.82) is 0 Å². The Morgan fingerprint density at radius 3 is 2.79 bits per heavy atom. The van der Waals surface area contributed by atoms with Crippen LogP contribution in [0.5, 0.6) is 11.6 Å². The number of hydrogen-bond acceptors (Lipinski definition) is 5. The summed E-state index contributed by atoms with van der Waals surface area (Å²) in [6.45, 7) is 3.62. The summed E-state index contributed by atoms with van der Waals surface area (Å²) >= 11 is 0. The van der Waals surface area contributed by atoms with Crippen molar-refractivity contribution in [1.82, 2.24) is 20.2 Å². The maximum Gasteiger partial charge on any atom is 0.261 e. The second-order valence-corrected chi connectivity index (χ2v) is 6.51. The van der Waals surface area contributed by atoms with Gasteiger partial charge in [0, 0.05) is 23.3 Å². The predicted molar refractivity (Wildman–Crippen MR) is 102 cm³/mol. The highest BCUT2D eigenvalue weighted by atomic mass is 19.1. The summed E-state index contributed by atoms with van der Waals surface area (Å²) < 4.78 is 49.1. The monoisotopic (exact) mass is 399 g/mol. The van der Waals surface area contributed by atoms with Crippen LogP contribution in [0.4, 0.5) is 24.8 Å². The van der Waals surface area contributed by atoms with Gasteiger partial charge in [-0.25, -0.2) is 13.8 Å². The van der Waals surface area contributed by atoms with E-state index in [1.165, 1.54) is 0 Å². The first kappa shape index (κ1) is 18.7. The van der Waals surface area contributed by atoms with Crippen molar-refractivity contribution in [3.63, 3.8) is 0 Å². The molecule has 0 spiro atoms. The van der Waals surface area contributed by atoms with Gasteiger partial charge in [-0.2, -0.15) is 14.5 Å². The fourth-order valence-corrected chi connectivity index (χ4v) is 3.04. The number of nitrogens with one attached hydrogen (secondary N) is 2. The molecule has 2 heterocycles. The summed E-state index contributed by atoms with van der Waals surface area (Å²) in [5.41, 5.74) is 1.90. The normalized spacial score (nSPS) is 12.9. The Morgan fingerprint density at radius 2 is 2.00 bits per heavy atom. The number of rotatable bonds is 5. The fraction of sp³-hybridized carbons (Fsp3) is 0.150. The topological polar surface area (TPSA) is 75.7 Å². The number of nitrogens with zero attached hydrogens (tertiary/aromatic N) is 3. The van der Waals surface area contributed by atoms with Gasteiger partial charge in [0.1, 0.15) is 12.1 Å². The van der Waals surface area contributed by atoms with Gasteiger partial charge >= 0.3 is 0 Å². The summed E-state index contributed by atoms with van der Waals surface area (Å²) in [5, 5.41) is 9.43. The van der Waals surface area contributed by atoms with Crippen LogP contribution in [0.15, 0.2) is 30.1 Å². The van der Waals surface area contributed by atoms with Crippen LogP contribution in [0.25, 0.3) is 12.2 Å². The first-order valence-corrected chi connectivity index (χ1v) is 8.77. The number of benzene rings is 1. The van der Waals surface area contributed by atoms with E-state index in [4.69, 9.17) is 4.74 Å². The molecule has 9 heteroatoms. The number of allylic oxidation sites excluding steroid dienone is 2. The number of aromatic nitrogens is 4. The van der Waals surface area contributed by atoms with Gasteiger partial charge in [0.2, 0.25) is 5.82 Å². The maximum absolute atomic E-state index is 14.8. The molecular weight excluding hydrogens is 383 g/mol. The number of H-pyrrole nitrogens is 1. The molecule has 2 N–H and O–H groups in total. The molecule has 3 aromatic rings. The van der Waals surface area contributed by atoms with Crippen LogP contribution in [0.3, 0.4) is 0 Å². The van der Waals surface area contributed by atoms with Crippen molar-refractivity contribution in [3.8, 4) is 11.6 Å². The summed E-state index contributed by atoms with van der Waals surface area (Å²) in [6.07, 6.45) is 6.52. The van der Waals surface area contributed by atoms with E-state index >= 15 is 0 Å². The Balaban J connectivity index is 1.63. The molecule has 1 aliphatic rings. The molecule has 148 valence electrons. The molecule has 1 aromatic carbocycles. The molecule has 0 saturated carbocycles. The lowest BCUT2D eigenvalue weighted by atomic mass is 10.1. The van der Waals surface area contributed by atoms with Crippen molar-refractivity contribution in [2.45, 2.75) is 20.3 Å². The van der Waals surface area contributed by atoms with E-state index in [2.05, 4.69) is 25.5 Å². The van der Waals surface area contributed by atoms with Crippen molar-refractivity contribution >= 4 is 23.8 Å². The number of aromatic amines is 1. The van der Waals surface area contributed by atoms with Crippen LogP contribution in [0, 0.1) is 17.5 Å². The third-order valence-electron chi connectivity index (χ3n) is 4.32. The van der Waals surface area contributed by atoms with Crippen molar-refractivity contribution < 1.29 is 17.9 Å². The molecule has 0 aliphatic heterocycles. The van der Waals surface area contributed by atoms with Crippen LogP contribution in [0.2, 0.25) is 0 Å². The minimum Gasteiger partial charge on any atom is -0.433 e. The Bertz CT molecular complexity index is 1150. The van der Waals surface area contributed by atoms with Crippen LogP contribution < -0.4 is 10.1 Å². The lowest BCUT2D eigenvalue weighted by Crippen LogP contribution is -2.03. The van der Waals surface area contributed by atoms with E-state index in [0.717, 1.165) is 18.0 Å². The number of fused-ring (bicyclic) bond motifs is 1. The van der Waals surface area contributed by atoms with E-state index < -0.39 is 29.1 Å². The van der Waals surface area contributed by atoms with E-state index in [9.17, 15) is 13.2 Å². The van der Waals surface area contributed by atoms with Gasteiger partial charge in [-0.15, -0.1) is 0 Å². The lowest BCUT2D eigenvalue weighted by molar-refractivity contribution is 0.393. The summed E-state index contributed by atoms with van der Waals surface area (Å²) in [6, 6.07) is 2.54. The van der Waals surface area contributed by atoms with Gasteiger partial charge in [0.05, 0.1) is 5.69 Å². The number of hydrogen-bond donors (Lipinski definition) is 2. The van der Waals surface area contributed by atoms with Crippen LogP contribution in [-0.2, 0) is 6.42 Å². The molecule has 4 rings (SSSR count). The third-order valence-corrected chi connectivity index (χ3v) is 4.32. The fourth-order valence-electron chi connectivity index (χ4n) is 3.04. The van der Waals surface area contributed by atoms with Gasteiger partial charge in [-0.05, 0) is 26.3 Å². The Labute approximate surface area is 164 Å². The van der Waals surface area contributed by atoms with E-state index in [-0.39, 0.29) is 16.9 Å². The molecule has 29 heavy (non-hydrogen) atoms. The van der Waals surface area contributed by atoms with Crippen molar-refractivity contribution in [2.75, 3.05) is 5.32 Å². The summed E-state index contributed by atoms with van der Waals surface area (Å²) in [4.78, 5) is 7.51. The zero-order valence-electron chi connectivity index (χ0n) is 15.6. The van der Waals surface area contributed by atoms with E-state index in [1.807, 2.05) is 13.0 Å². The second-order valence-electron chi connectivity index (χ2n) is 6.51. The van der Waals surface area contributed by atoms with Gasteiger partial charge in [0.15, 0.2) is 23.2 Å². The summed E-state index contributed by atoms with van der Waals surface area (Å²) in [5.74, 6) is -3.24. The Kier molecular flexibility index (Phi) is 4.79. The van der Waals surface area contributed by atoms with Gasteiger partial charge in [-0.1, -0.05) is 17.7 Å². The SMILES string of the molecule is C/C=C/c1cc(Nc2ncnc(Oc3cc(F)c4c(c3F)C=C(C)C4)c2F)n[nH]1. The maximum atomic E-state index is 14.8. The molecule has 0 saturated heterocycles. The quantitative estimate of drug-likeness (QED) is 0.621. The molecule has 0 unspecified atom stereocenters. The van der Waals surface area contributed by atoms with E-state index in [1.54, 1.807) is 25.1 Å². The Morgan fingerprint density at radius 1 is 1.17 bits per heavy atom. The molecule has 0 radical (unpaired) electrons. The third kappa shape index (κ3) is 3.58. The summed E-state index contributed by atoms with van der Waals surface area (Å²) in [7, 11) is 0. The average Bonchev–Trinajstić information content (AvgIpc) is 3.29.